The predicted molar refractivity (Wildman–Crippen MR) is 83.9 cm³/mol. The zero-order valence-electron chi connectivity index (χ0n) is 10.7. The number of nitrogens with zero attached hydrogens (tertiary/aromatic N) is 1. The van der Waals surface area contributed by atoms with Gasteiger partial charge in [-0.2, -0.15) is 5.10 Å². The molecule has 0 bridgehead atoms. The van der Waals surface area contributed by atoms with Gasteiger partial charge >= 0.3 is 0 Å². The fraction of sp³-hybridized carbons (Fsp3) is 0. The minimum Gasteiger partial charge on any atom is -0.382 e. The first-order chi connectivity index (χ1) is 10.1. The van der Waals surface area contributed by atoms with Gasteiger partial charge in [0.25, 0.3) is 0 Å². The molecule has 0 aliphatic heterocycles. The van der Waals surface area contributed by atoms with Crippen molar-refractivity contribution in [1.29, 1.82) is 0 Å². The van der Waals surface area contributed by atoms with Crippen LogP contribution in [-0.2, 0) is 0 Å². The first-order valence-electron chi connectivity index (χ1n) is 6.12. The molecule has 1 aromatic heterocycles. The van der Waals surface area contributed by atoms with Crippen molar-refractivity contribution < 1.29 is 4.39 Å². The molecule has 0 saturated carbocycles. The molecule has 106 valence electrons. The molecular weight excluding hydrogens is 312 g/mol. The minimum atomic E-state index is -0.407. The number of halogens is 3. The van der Waals surface area contributed by atoms with Gasteiger partial charge in [0.15, 0.2) is 5.82 Å². The van der Waals surface area contributed by atoms with E-state index in [1.54, 1.807) is 12.1 Å². The Labute approximate surface area is 130 Å². The number of aromatic amines is 1. The fourth-order valence-corrected chi connectivity index (χ4v) is 2.67. The number of aromatic nitrogens is 2. The number of hydrogen-bond acceptors (Lipinski definition) is 2. The van der Waals surface area contributed by atoms with Gasteiger partial charge < -0.3 is 5.73 Å². The van der Waals surface area contributed by atoms with E-state index in [2.05, 4.69) is 10.2 Å². The molecule has 0 aliphatic rings. The first-order valence-corrected chi connectivity index (χ1v) is 6.87. The summed E-state index contributed by atoms with van der Waals surface area (Å²) in [6, 6.07) is 11.4. The maximum absolute atomic E-state index is 13.2. The van der Waals surface area contributed by atoms with Crippen LogP contribution in [0.2, 0.25) is 10.0 Å². The van der Waals surface area contributed by atoms with E-state index in [0.717, 1.165) is 5.56 Å². The summed E-state index contributed by atoms with van der Waals surface area (Å²) in [5.74, 6) is -0.103. The highest BCUT2D eigenvalue weighted by atomic mass is 35.5. The van der Waals surface area contributed by atoms with Gasteiger partial charge in [-0.15, -0.1) is 0 Å². The van der Waals surface area contributed by atoms with Crippen LogP contribution in [0.1, 0.15) is 0 Å². The van der Waals surface area contributed by atoms with E-state index in [4.69, 9.17) is 28.9 Å². The SMILES string of the molecule is Nc1n[nH]c(-c2ccc(F)cc2Cl)c1-c1ccccc1Cl. The summed E-state index contributed by atoms with van der Waals surface area (Å²) in [4.78, 5) is 0. The molecule has 3 aromatic rings. The lowest BCUT2D eigenvalue weighted by Crippen LogP contribution is -1.90. The van der Waals surface area contributed by atoms with Gasteiger partial charge in [0.2, 0.25) is 0 Å². The molecule has 0 atom stereocenters. The van der Waals surface area contributed by atoms with Crippen LogP contribution in [0.5, 0.6) is 0 Å². The van der Waals surface area contributed by atoms with Crippen molar-refractivity contribution in [1.82, 2.24) is 10.2 Å². The van der Waals surface area contributed by atoms with E-state index < -0.39 is 5.82 Å². The van der Waals surface area contributed by atoms with Gasteiger partial charge in [-0.05, 0) is 24.3 Å². The van der Waals surface area contributed by atoms with Gasteiger partial charge in [0.05, 0.1) is 16.3 Å². The molecule has 3 N–H and O–H groups in total. The maximum Gasteiger partial charge on any atom is 0.153 e. The van der Waals surface area contributed by atoms with E-state index in [1.807, 2.05) is 18.2 Å². The zero-order valence-corrected chi connectivity index (χ0v) is 12.2. The Morgan fingerprint density at radius 3 is 2.48 bits per heavy atom. The number of anilines is 1. The quantitative estimate of drug-likeness (QED) is 0.714. The molecule has 3 rings (SSSR count). The average molecular weight is 322 g/mol. The van der Waals surface area contributed by atoms with Crippen LogP contribution in [-0.4, -0.2) is 10.2 Å². The Balaban J connectivity index is 2.25. The highest BCUT2D eigenvalue weighted by molar-refractivity contribution is 6.34. The molecule has 0 saturated heterocycles. The van der Waals surface area contributed by atoms with Gasteiger partial charge in [-0.3, -0.25) is 5.10 Å². The summed E-state index contributed by atoms with van der Waals surface area (Å²) in [5.41, 5.74) is 8.54. The van der Waals surface area contributed by atoms with E-state index in [1.165, 1.54) is 12.1 Å². The molecule has 0 spiro atoms. The van der Waals surface area contributed by atoms with Crippen molar-refractivity contribution in [3.63, 3.8) is 0 Å². The lowest BCUT2D eigenvalue weighted by molar-refractivity contribution is 0.628. The predicted octanol–water partition coefficient (Wildman–Crippen LogP) is 4.77. The van der Waals surface area contributed by atoms with E-state index in [-0.39, 0.29) is 5.02 Å². The standard InChI is InChI=1S/C15H10Cl2FN3/c16-11-4-2-1-3-9(11)13-14(20-21-15(13)19)10-6-5-8(18)7-12(10)17/h1-7H,(H3,19,20,21). The molecule has 2 aromatic carbocycles. The monoisotopic (exact) mass is 321 g/mol. The summed E-state index contributed by atoms with van der Waals surface area (Å²) in [5, 5.41) is 7.67. The van der Waals surface area contributed by atoms with Crippen LogP contribution in [0.15, 0.2) is 42.5 Å². The van der Waals surface area contributed by atoms with Crippen LogP contribution < -0.4 is 5.73 Å². The number of rotatable bonds is 2. The molecule has 0 radical (unpaired) electrons. The highest BCUT2D eigenvalue weighted by Crippen LogP contribution is 2.40. The third kappa shape index (κ3) is 2.48. The zero-order chi connectivity index (χ0) is 15.0. The maximum atomic E-state index is 13.2. The number of nitrogens with two attached hydrogens (primary N) is 1. The summed E-state index contributed by atoms with van der Waals surface area (Å²) < 4.78 is 13.2. The Kier molecular flexibility index (Phi) is 3.57. The summed E-state index contributed by atoms with van der Waals surface area (Å²) in [7, 11) is 0. The number of benzene rings is 2. The van der Waals surface area contributed by atoms with Crippen molar-refractivity contribution in [2.75, 3.05) is 5.73 Å². The van der Waals surface area contributed by atoms with E-state index >= 15 is 0 Å². The molecular formula is C15H10Cl2FN3. The fourth-order valence-electron chi connectivity index (χ4n) is 2.18. The smallest absolute Gasteiger partial charge is 0.153 e. The van der Waals surface area contributed by atoms with Crippen LogP contribution in [0.3, 0.4) is 0 Å². The van der Waals surface area contributed by atoms with Crippen molar-refractivity contribution in [3.8, 4) is 22.4 Å². The Morgan fingerprint density at radius 2 is 1.76 bits per heavy atom. The first kappa shape index (κ1) is 13.9. The molecule has 3 nitrogen and oxygen atoms in total. The van der Waals surface area contributed by atoms with Gasteiger partial charge in [0.1, 0.15) is 5.82 Å². The topological polar surface area (TPSA) is 54.7 Å². The molecule has 0 amide bonds. The molecule has 21 heavy (non-hydrogen) atoms. The molecule has 0 aliphatic carbocycles. The Morgan fingerprint density at radius 1 is 1.00 bits per heavy atom. The minimum absolute atomic E-state index is 0.270. The van der Waals surface area contributed by atoms with Crippen molar-refractivity contribution in [3.05, 3.63) is 58.3 Å². The molecule has 1 heterocycles. The van der Waals surface area contributed by atoms with E-state index in [0.29, 0.717) is 27.7 Å². The summed E-state index contributed by atoms with van der Waals surface area (Å²) in [6.07, 6.45) is 0. The molecule has 0 fully saturated rings. The largest absolute Gasteiger partial charge is 0.382 e. The highest BCUT2D eigenvalue weighted by Gasteiger charge is 2.18. The average Bonchev–Trinajstić information content (AvgIpc) is 2.81. The second-order valence-electron chi connectivity index (χ2n) is 4.46. The number of H-pyrrole nitrogens is 1. The number of nitrogen functional groups attached to an aromatic ring is 1. The normalized spacial score (nSPS) is 10.8. The van der Waals surface area contributed by atoms with Gasteiger partial charge in [-0.25, -0.2) is 4.39 Å². The second-order valence-corrected chi connectivity index (χ2v) is 5.28. The lowest BCUT2D eigenvalue weighted by atomic mass is 10.0. The van der Waals surface area contributed by atoms with Crippen molar-refractivity contribution in [2.24, 2.45) is 0 Å². The van der Waals surface area contributed by atoms with Gasteiger partial charge in [0, 0.05) is 16.1 Å². The van der Waals surface area contributed by atoms with E-state index in [9.17, 15) is 4.39 Å². The van der Waals surface area contributed by atoms with Crippen molar-refractivity contribution in [2.45, 2.75) is 0 Å². The molecule has 0 unspecified atom stereocenters. The summed E-state index contributed by atoms with van der Waals surface area (Å²) >= 11 is 12.3. The third-order valence-corrected chi connectivity index (χ3v) is 3.78. The second kappa shape index (κ2) is 5.39. The Bertz CT molecular complexity index is 814. The lowest BCUT2D eigenvalue weighted by Gasteiger charge is -2.08. The van der Waals surface area contributed by atoms with Crippen LogP contribution >= 0.6 is 23.2 Å². The number of hydrogen-bond donors (Lipinski definition) is 2. The number of nitrogens with one attached hydrogen (secondary N) is 1. The summed E-state index contributed by atoms with van der Waals surface area (Å²) in [6.45, 7) is 0. The van der Waals surface area contributed by atoms with Gasteiger partial charge in [-0.1, -0.05) is 41.4 Å². The third-order valence-electron chi connectivity index (χ3n) is 3.14. The Hall–Kier alpha value is -2.04. The van der Waals surface area contributed by atoms with Crippen LogP contribution in [0, 0.1) is 5.82 Å². The van der Waals surface area contributed by atoms with Crippen LogP contribution in [0.4, 0.5) is 10.2 Å². The van der Waals surface area contributed by atoms with Crippen LogP contribution in [0.25, 0.3) is 22.4 Å². The molecule has 6 heteroatoms. The van der Waals surface area contributed by atoms with Crippen molar-refractivity contribution >= 4 is 29.0 Å².